The van der Waals surface area contributed by atoms with E-state index in [1.807, 2.05) is 13.8 Å². The van der Waals surface area contributed by atoms with Crippen molar-refractivity contribution in [1.29, 1.82) is 0 Å². The van der Waals surface area contributed by atoms with Crippen LogP contribution in [0.5, 0.6) is 0 Å². The van der Waals surface area contributed by atoms with Crippen LogP contribution in [0.25, 0.3) is 0 Å². The number of carbonyl (C=O) groups is 2. The maximum atomic E-state index is 11.9. The van der Waals surface area contributed by atoms with Crippen LogP contribution in [0.3, 0.4) is 0 Å². The highest BCUT2D eigenvalue weighted by Crippen LogP contribution is 2.46. The Morgan fingerprint density at radius 1 is 1.33 bits per heavy atom. The molecule has 0 aromatic heterocycles. The highest BCUT2D eigenvalue weighted by Gasteiger charge is 2.51. The van der Waals surface area contributed by atoms with E-state index in [2.05, 4.69) is 5.32 Å². The van der Waals surface area contributed by atoms with Crippen LogP contribution in [0.15, 0.2) is 11.3 Å². The van der Waals surface area contributed by atoms with Gasteiger partial charge in [0.25, 0.3) is 0 Å². The quantitative estimate of drug-likeness (QED) is 0.492. The number of aliphatic hydroxyl groups excluding tert-OH is 2. The van der Waals surface area contributed by atoms with E-state index in [0.29, 0.717) is 17.9 Å². The van der Waals surface area contributed by atoms with Gasteiger partial charge in [0, 0.05) is 16.9 Å². The van der Waals surface area contributed by atoms with Crippen LogP contribution in [-0.2, 0) is 14.3 Å². The lowest BCUT2D eigenvalue weighted by Crippen LogP contribution is -2.56. The first-order valence-electron chi connectivity index (χ1n) is 10.4. The number of fused-ring (bicyclic) bond motifs is 6. The van der Waals surface area contributed by atoms with E-state index in [0.717, 1.165) is 24.8 Å². The van der Waals surface area contributed by atoms with Gasteiger partial charge in [0.2, 0.25) is 0 Å². The Morgan fingerprint density at radius 2 is 2.00 bits per heavy atom. The number of allylic oxidation sites excluding steroid dienone is 1. The molecule has 5 atom stereocenters. The summed E-state index contributed by atoms with van der Waals surface area (Å²) in [6.07, 6.45) is 0.248. The van der Waals surface area contributed by atoms with Gasteiger partial charge in [0.15, 0.2) is 0 Å². The number of amides is 1. The Labute approximate surface area is 182 Å². The van der Waals surface area contributed by atoms with E-state index in [4.69, 9.17) is 9.47 Å². The summed E-state index contributed by atoms with van der Waals surface area (Å²) in [5.74, 6) is -0.155. The molecule has 2 aliphatic heterocycles. The summed E-state index contributed by atoms with van der Waals surface area (Å²) in [6.45, 7) is 8.94. The number of ether oxygens (including phenoxy) is 2. The summed E-state index contributed by atoms with van der Waals surface area (Å²) in [5.41, 5.74) is -0.421. The summed E-state index contributed by atoms with van der Waals surface area (Å²) in [4.78, 5) is 23.5. The topological polar surface area (TPSA) is 125 Å². The first-order valence-corrected chi connectivity index (χ1v) is 11.5. The van der Waals surface area contributed by atoms with Gasteiger partial charge in [-0.1, -0.05) is 13.3 Å². The molecule has 30 heavy (non-hydrogen) atoms. The number of nitrogens with one attached hydrogen (secondary N) is 1. The van der Waals surface area contributed by atoms with Crippen LogP contribution < -0.4 is 5.32 Å². The van der Waals surface area contributed by atoms with E-state index in [9.17, 15) is 24.9 Å². The number of aliphatic hydroxyl groups is 2. The van der Waals surface area contributed by atoms with Crippen LogP contribution in [0.1, 0.15) is 60.3 Å². The molecule has 1 fully saturated rings. The molecular formula is C21H35NO7S. The van der Waals surface area contributed by atoms with Gasteiger partial charge >= 0.3 is 12.1 Å². The number of hydrogen-bond donors (Lipinski definition) is 4. The van der Waals surface area contributed by atoms with Crippen molar-refractivity contribution in [2.75, 3.05) is 11.5 Å². The maximum Gasteiger partial charge on any atom is 0.408 e. The van der Waals surface area contributed by atoms with Crippen molar-refractivity contribution in [2.45, 2.75) is 90.3 Å². The highest BCUT2D eigenvalue weighted by molar-refractivity contribution is 7.99. The first-order chi connectivity index (χ1) is 13.8. The second-order valence-electron chi connectivity index (χ2n) is 9.43. The zero-order chi connectivity index (χ0) is 22.7. The minimum atomic E-state index is -1.15. The van der Waals surface area contributed by atoms with E-state index in [1.54, 1.807) is 20.8 Å². The first kappa shape index (κ1) is 24.8. The second kappa shape index (κ2) is 9.78. The number of carbonyl (C=O) groups excluding carboxylic acids is 1. The number of hydrogen-bond acceptors (Lipinski definition) is 7. The molecule has 0 radical (unpaired) electrons. The van der Waals surface area contributed by atoms with E-state index in [-0.39, 0.29) is 11.9 Å². The third kappa shape index (κ3) is 6.04. The molecule has 5 unspecified atom stereocenters. The molecule has 0 saturated carbocycles. The molecule has 2 heterocycles. The van der Waals surface area contributed by atoms with Crippen LogP contribution in [-0.4, -0.2) is 68.8 Å². The van der Waals surface area contributed by atoms with Crippen molar-refractivity contribution in [3.8, 4) is 0 Å². The normalized spacial score (nSPS) is 33.0. The molecule has 2 bridgehead atoms. The lowest BCUT2D eigenvalue weighted by molar-refractivity contribution is -0.162. The molecule has 9 heteroatoms. The third-order valence-corrected chi connectivity index (χ3v) is 6.84. The van der Waals surface area contributed by atoms with Crippen LogP contribution in [0.2, 0.25) is 0 Å². The fourth-order valence-electron chi connectivity index (χ4n) is 3.88. The average molecular weight is 446 g/mol. The van der Waals surface area contributed by atoms with Crippen molar-refractivity contribution >= 4 is 23.8 Å². The molecule has 4 N–H and O–H groups in total. The van der Waals surface area contributed by atoms with Crippen molar-refractivity contribution in [1.82, 2.24) is 5.32 Å². The van der Waals surface area contributed by atoms with Gasteiger partial charge < -0.3 is 30.1 Å². The predicted octanol–water partition coefficient (Wildman–Crippen LogP) is 2.67. The molecule has 1 amide bonds. The Bertz CT molecular complexity index is 675. The average Bonchev–Trinajstić information content (AvgIpc) is 2.70. The molecule has 172 valence electrons. The maximum absolute atomic E-state index is 11.9. The SMILES string of the molecule is C/C1=C2/OC(CSCC(NC(=O)OC(C)(C)C)C(=O)O)C(C)(CCCC1)C(O)C2O. The molecule has 3 aliphatic rings. The summed E-state index contributed by atoms with van der Waals surface area (Å²) in [7, 11) is 0. The van der Waals surface area contributed by atoms with Crippen LogP contribution in [0.4, 0.5) is 4.79 Å². The smallest absolute Gasteiger partial charge is 0.408 e. The zero-order valence-electron chi connectivity index (χ0n) is 18.4. The van der Waals surface area contributed by atoms with Gasteiger partial charge in [-0.15, -0.1) is 0 Å². The third-order valence-electron chi connectivity index (χ3n) is 5.73. The zero-order valence-corrected chi connectivity index (χ0v) is 19.3. The monoisotopic (exact) mass is 445 g/mol. The van der Waals surface area contributed by atoms with Crippen molar-refractivity contribution in [3.05, 3.63) is 11.3 Å². The molecule has 8 nitrogen and oxygen atoms in total. The van der Waals surface area contributed by atoms with Crippen LogP contribution >= 0.6 is 11.8 Å². The van der Waals surface area contributed by atoms with Gasteiger partial charge in [-0.05, 0) is 52.5 Å². The Kier molecular flexibility index (Phi) is 8.09. The molecule has 3 rings (SSSR count). The van der Waals surface area contributed by atoms with E-state index < -0.39 is 41.3 Å². The second-order valence-corrected chi connectivity index (χ2v) is 10.5. The summed E-state index contributed by atoms with van der Waals surface area (Å²) in [6, 6.07) is -1.11. The largest absolute Gasteiger partial charge is 0.490 e. The van der Waals surface area contributed by atoms with Gasteiger partial charge in [0.05, 0.1) is 6.10 Å². The Hall–Kier alpha value is -1.45. The summed E-state index contributed by atoms with van der Waals surface area (Å²) in [5, 5.41) is 33.2. The number of carboxylic acid groups (broad SMARTS) is 1. The van der Waals surface area contributed by atoms with Crippen LogP contribution in [0, 0.1) is 5.41 Å². The van der Waals surface area contributed by atoms with Gasteiger partial charge in [0.1, 0.15) is 29.6 Å². The summed E-state index contributed by atoms with van der Waals surface area (Å²) >= 11 is 1.33. The van der Waals surface area contributed by atoms with Gasteiger partial charge in [-0.2, -0.15) is 11.8 Å². The molecule has 1 saturated heterocycles. The Balaban J connectivity index is 2.04. The lowest BCUT2D eigenvalue weighted by atomic mass is 9.71. The molecular weight excluding hydrogens is 410 g/mol. The number of rotatable bonds is 6. The minimum absolute atomic E-state index is 0.126. The molecule has 0 aromatic rings. The van der Waals surface area contributed by atoms with E-state index in [1.165, 1.54) is 11.8 Å². The standard InChI is InChI=1S/C21H35NO7S/c1-12-8-6-7-9-21(5)14(28-16(12)15(23)17(21)24)11-30-10-13(18(25)26)22-19(27)29-20(2,3)4/h13-15,17,23-24H,6-11H2,1-5H3,(H,22,27)(H,25,26)/b16-12-. The lowest BCUT2D eigenvalue weighted by Gasteiger charge is -2.48. The van der Waals surface area contributed by atoms with Crippen molar-refractivity contribution < 1.29 is 34.4 Å². The molecule has 0 aromatic carbocycles. The van der Waals surface area contributed by atoms with Crippen molar-refractivity contribution in [2.24, 2.45) is 5.41 Å². The molecule has 1 aliphatic carbocycles. The number of aliphatic carboxylic acids is 1. The fourth-order valence-corrected chi connectivity index (χ4v) is 5.14. The Morgan fingerprint density at radius 3 is 2.60 bits per heavy atom. The number of alkyl carbamates (subject to hydrolysis) is 1. The summed E-state index contributed by atoms with van der Waals surface area (Å²) < 4.78 is 11.3. The predicted molar refractivity (Wildman–Crippen MR) is 114 cm³/mol. The minimum Gasteiger partial charge on any atom is -0.490 e. The fraction of sp³-hybridized carbons (Fsp3) is 0.810. The van der Waals surface area contributed by atoms with Gasteiger partial charge in [-0.25, -0.2) is 9.59 Å². The number of thioether (sulfide) groups is 1. The molecule has 0 spiro atoms. The highest BCUT2D eigenvalue weighted by atomic mass is 32.2. The van der Waals surface area contributed by atoms with Gasteiger partial charge in [-0.3, -0.25) is 0 Å². The van der Waals surface area contributed by atoms with Crippen molar-refractivity contribution in [3.63, 3.8) is 0 Å². The van der Waals surface area contributed by atoms with E-state index >= 15 is 0 Å². The number of carboxylic acids is 1.